The van der Waals surface area contributed by atoms with Gasteiger partial charge in [-0.3, -0.25) is 0 Å². The van der Waals surface area contributed by atoms with E-state index in [9.17, 15) is 0 Å². The third-order valence-corrected chi connectivity index (χ3v) is 3.11. The zero-order chi connectivity index (χ0) is 12.7. The molecule has 3 aromatic rings. The molecule has 0 spiro atoms. The van der Waals surface area contributed by atoms with Crippen LogP contribution >= 0.6 is 0 Å². The second kappa shape index (κ2) is 3.85. The van der Waals surface area contributed by atoms with Gasteiger partial charge < -0.3 is 14.7 Å². The van der Waals surface area contributed by atoms with Crippen LogP contribution in [0.5, 0.6) is 5.75 Å². The maximum absolute atomic E-state index is 5.48. The number of methoxy groups -OCH3 is 1. The van der Waals surface area contributed by atoms with Gasteiger partial charge in [-0.25, -0.2) is 15.8 Å². The minimum Gasteiger partial charge on any atom is -0.497 e. The summed E-state index contributed by atoms with van der Waals surface area (Å²) in [5.74, 6) is 6.90. The summed E-state index contributed by atoms with van der Waals surface area (Å²) in [5, 5.41) is 1.02. The molecule has 2 heterocycles. The Bertz CT molecular complexity index is 734. The Kier molecular flexibility index (Phi) is 2.31. The zero-order valence-electron chi connectivity index (χ0n) is 10.1. The molecule has 92 valence electrons. The second-order valence-electron chi connectivity index (χ2n) is 4.01. The molecule has 0 unspecified atom stereocenters. The first kappa shape index (κ1) is 10.8. The standard InChI is InChI=1S/C12H13N5O/c1-17-9-4-3-7(18-2)5-8(9)10-11(17)12(16-13)15-6-14-10/h3-6H,13H2,1-2H3,(H,14,15,16). The highest BCUT2D eigenvalue weighted by molar-refractivity contribution is 6.09. The fourth-order valence-corrected chi connectivity index (χ4v) is 2.24. The van der Waals surface area contributed by atoms with E-state index in [4.69, 9.17) is 10.6 Å². The van der Waals surface area contributed by atoms with E-state index < -0.39 is 0 Å². The van der Waals surface area contributed by atoms with Crippen LogP contribution in [-0.4, -0.2) is 21.6 Å². The van der Waals surface area contributed by atoms with Crippen molar-refractivity contribution in [2.24, 2.45) is 12.9 Å². The number of nitrogens with zero attached hydrogens (tertiary/aromatic N) is 3. The van der Waals surface area contributed by atoms with Gasteiger partial charge in [0.15, 0.2) is 5.82 Å². The summed E-state index contributed by atoms with van der Waals surface area (Å²) in [6, 6.07) is 5.88. The molecule has 0 aliphatic rings. The van der Waals surface area contributed by atoms with Crippen LogP contribution in [0.25, 0.3) is 21.9 Å². The monoisotopic (exact) mass is 243 g/mol. The smallest absolute Gasteiger partial charge is 0.168 e. The highest BCUT2D eigenvalue weighted by Gasteiger charge is 2.13. The average Bonchev–Trinajstić information content (AvgIpc) is 2.72. The van der Waals surface area contributed by atoms with Gasteiger partial charge in [-0.05, 0) is 18.2 Å². The number of aryl methyl sites for hydroxylation is 1. The summed E-state index contributed by atoms with van der Waals surface area (Å²) in [5.41, 5.74) is 5.39. The molecular weight excluding hydrogens is 230 g/mol. The molecular formula is C12H13N5O. The Balaban J connectivity index is 2.50. The number of nitrogen functional groups attached to an aromatic ring is 1. The van der Waals surface area contributed by atoms with E-state index in [1.165, 1.54) is 6.33 Å². The van der Waals surface area contributed by atoms with Crippen LogP contribution in [0.15, 0.2) is 24.5 Å². The highest BCUT2D eigenvalue weighted by Crippen LogP contribution is 2.31. The highest BCUT2D eigenvalue weighted by atomic mass is 16.5. The van der Waals surface area contributed by atoms with Crippen molar-refractivity contribution in [2.45, 2.75) is 0 Å². The number of hydrazine groups is 1. The van der Waals surface area contributed by atoms with Gasteiger partial charge in [-0.15, -0.1) is 0 Å². The molecule has 2 aromatic heterocycles. The Morgan fingerprint density at radius 2 is 2.17 bits per heavy atom. The van der Waals surface area contributed by atoms with Crippen LogP contribution in [0.1, 0.15) is 0 Å². The third-order valence-electron chi connectivity index (χ3n) is 3.11. The summed E-state index contributed by atoms with van der Waals surface area (Å²) in [6.45, 7) is 0. The number of benzene rings is 1. The zero-order valence-corrected chi connectivity index (χ0v) is 10.1. The fraction of sp³-hybridized carbons (Fsp3) is 0.167. The number of aromatic nitrogens is 3. The van der Waals surface area contributed by atoms with E-state index in [1.807, 2.05) is 29.8 Å². The largest absolute Gasteiger partial charge is 0.497 e. The Morgan fingerprint density at radius 3 is 2.89 bits per heavy atom. The van der Waals surface area contributed by atoms with Crippen molar-refractivity contribution in [1.29, 1.82) is 0 Å². The van der Waals surface area contributed by atoms with Gasteiger partial charge in [0, 0.05) is 12.4 Å². The van der Waals surface area contributed by atoms with Crippen molar-refractivity contribution < 1.29 is 4.74 Å². The van der Waals surface area contributed by atoms with Crippen molar-refractivity contribution in [3.8, 4) is 5.75 Å². The fourth-order valence-electron chi connectivity index (χ4n) is 2.24. The van der Waals surface area contributed by atoms with E-state index >= 15 is 0 Å². The molecule has 6 nitrogen and oxygen atoms in total. The molecule has 0 fully saturated rings. The van der Waals surface area contributed by atoms with Crippen LogP contribution in [0.3, 0.4) is 0 Å². The minimum atomic E-state index is 0.609. The molecule has 0 saturated heterocycles. The molecule has 0 bridgehead atoms. The van der Waals surface area contributed by atoms with E-state index in [-0.39, 0.29) is 0 Å². The first-order valence-electron chi connectivity index (χ1n) is 5.50. The normalized spacial score (nSPS) is 11.1. The number of fused-ring (bicyclic) bond motifs is 3. The maximum Gasteiger partial charge on any atom is 0.168 e. The summed E-state index contributed by atoms with van der Waals surface area (Å²) < 4.78 is 7.26. The van der Waals surface area contributed by atoms with E-state index in [1.54, 1.807) is 7.11 Å². The van der Waals surface area contributed by atoms with Gasteiger partial charge in [0.2, 0.25) is 0 Å². The Labute approximate surface area is 103 Å². The molecule has 0 saturated carbocycles. The Morgan fingerprint density at radius 1 is 1.33 bits per heavy atom. The number of anilines is 1. The third kappa shape index (κ3) is 1.32. The van der Waals surface area contributed by atoms with Crippen molar-refractivity contribution in [3.63, 3.8) is 0 Å². The lowest BCUT2D eigenvalue weighted by Crippen LogP contribution is -2.10. The number of nitrogens with two attached hydrogens (primary N) is 1. The lowest BCUT2D eigenvalue weighted by Gasteiger charge is -2.02. The van der Waals surface area contributed by atoms with Gasteiger partial charge in [0.25, 0.3) is 0 Å². The molecule has 0 amide bonds. The number of nitrogens with one attached hydrogen (secondary N) is 1. The Hall–Kier alpha value is -2.34. The molecule has 0 aliphatic carbocycles. The van der Waals surface area contributed by atoms with Crippen LogP contribution in [-0.2, 0) is 7.05 Å². The molecule has 0 radical (unpaired) electrons. The quantitative estimate of drug-likeness (QED) is 0.525. The first-order chi connectivity index (χ1) is 8.76. The summed E-state index contributed by atoms with van der Waals surface area (Å²) in [7, 11) is 3.61. The first-order valence-corrected chi connectivity index (χ1v) is 5.50. The van der Waals surface area contributed by atoms with Gasteiger partial charge in [-0.2, -0.15) is 0 Å². The van der Waals surface area contributed by atoms with Crippen molar-refractivity contribution in [1.82, 2.24) is 14.5 Å². The number of rotatable bonds is 2. The van der Waals surface area contributed by atoms with Crippen LogP contribution in [0.4, 0.5) is 5.82 Å². The maximum atomic E-state index is 5.48. The van der Waals surface area contributed by atoms with Gasteiger partial charge in [0.1, 0.15) is 23.1 Å². The average molecular weight is 243 g/mol. The van der Waals surface area contributed by atoms with E-state index in [2.05, 4.69) is 15.4 Å². The molecule has 3 N–H and O–H groups in total. The van der Waals surface area contributed by atoms with Crippen LogP contribution < -0.4 is 16.0 Å². The molecule has 1 aromatic carbocycles. The predicted octanol–water partition coefficient (Wildman–Crippen LogP) is 1.42. The van der Waals surface area contributed by atoms with Crippen LogP contribution in [0, 0.1) is 0 Å². The lowest BCUT2D eigenvalue weighted by molar-refractivity contribution is 0.415. The van der Waals surface area contributed by atoms with Crippen LogP contribution in [0.2, 0.25) is 0 Å². The summed E-state index contributed by atoms with van der Waals surface area (Å²) in [4.78, 5) is 8.46. The van der Waals surface area contributed by atoms with Crippen molar-refractivity contribution in [3.05, 3.63) is 24.5 Å². The second-order valence-corrected chi connectivity index (χ2v) is 4.01. The summed E-state index contributed by atoms with van der Waals surface area (Å²) in [6.07, 6.45) is 1.50. The number of ether oxygens (including phenoxy) is 1. The SMILES string of the molecule is COc1ccc2c(c1)c1ncnc(NN)c1n2C. The molecule has 0 atom stereocenters. The number of hydrogen-bond donors (Lipinski definition) is 2. The predicted molar refractivity (Wildman–Crippen MR) is 70.4 cm³/mol. The van der Waals surface area contributed by atoms with Gasteiger partial charge in [0.05, 0.1) is 12.6 Å². The topological polar surface area (TPSA) is 78.0 Å². The lowest BCUT2D eigenvalue weighted by atomic mass is 10.2. The molecule has 18 heavy (non-hydrogen) atoms. The van der Waals surface area contributed by atoms with E-state index in [0.717, 1.165) is 27.7 Å². The molecule has 3 rings (SSSR count). The molecule has 0 aliphatic heterocycles. The van der Waals surface area contributed by atoms with Crippen molar-refractivity contribution >= 4 is 27.8 Å². The van der Waals surface area contributed by atoms with Crippen molar-refractivity contribution in [2.75, 3.05) is 12.5 Å². The van der Waals surface area contributed by atoms with Gasteiger partial charge >= 0.3 is 0 Å². The minimum absolute atomic E-state index is 0.609. The van der Waals surface area contributed by atoms with Gasteiger partial charge in [-0.1, -0.05) is 0 Å². The number of hydrogen-bond acceptors (Lipinski definition) is 5. The molecule has 6 heteroatoms. The summed E-state index contributed by atoms with van der Waals surface area (Å²) >= 11 is 0. The van der Waals surface area contributed by atoms with E-state index in [0.29, 0.717) is 5.82 Å².